The number of rotatable bonds is 2. The van der Waals surface area contributed by atoms with Crippen molar-refractivity contribution in [2.75, 3.05) is 33.4 Å². The molecule has 12 heavy (non-hydrogen) atoms. The van der Waals surface area contributed by atoms with Crippen molar-refractivity contribution in [2.24, 2.45) is 4.99 Å². The second-order valence-corrected chi connectivity index (χ2v) is 4.13. The van der Waals surface area contributed by atoms with Crippen LogP contribution in [0.15, 0.2) is 4.99 Å². The lowest BCUT2D eigenvalue weighted by molar-refractivity contribution is 0.456. The molecular weight excluding hydrogens is 170 g/mol. The zero-order chi connectivity index (χ0) is 9.14. The molecule has 0 radical (unpaired) electrons. The van der Waals surface area contributed by atoms with Gasteiger partial charge in [-0.15, -0.1) is 11.8 Å². The number of hydrogen-bond donors (Lipinski definition) is 0. The monoisotopic (exact) mass is 187 g/mol. The van der Waals surface area contributed by atoms with E-state index in [2.05, 4.69) is 35.0 Å². The van der Waals surface area contributed by atoms with Crippen molar-refractivity contribution in [2.45, 2.75) is 12.3 Å². The van der Waals surface area contributed by atoms with Gasteiger partial charge in [-0.25, -0.2) is 0 Å². The highest BCUT2D eigenvalue weighted by atomic mass is 32.2. The molecular formula is C8H17N3S. The normalized spacial score (nSPS) is 23.8. The first-order chi connectivity index (χ1) is 5.70. The SMILES string of the molecule is C/N=C1\N(C)CCN1C(C)SC. The molecule has 1 rings (SSSR count). The molecule has 1 aliphatic heterocycles. The van der Waals surface area contributed by atoms with E-state index < -0.39 is 0 Å². The van der Waals surface area contributed by atoms with Crippen molar-refractivity contribution in [3.63, 3.8) is 0 Å². The van der Waals surface area contributed by atoms with Gasteiger partial charge in [-0.1, -0.05) is 0 Å². The summed E-state index contributed by atoms with van der Waals surface area (Å²) in [7, 11) is 3.95. The van der Waals surface area contributed by atoms with Gasteiger partial charge in [0.2, 0.25) is 0 Å². The summed E-state index contributed by atoms with van der Waals surface area (Å²) in [4.78, 5) is 8.81. The van der Waals surface area contributed by atoms with E-state index in [-0.39, 0.29) is 0 Å². The second-order valence-electron chi connectivity index (χ2n) is 2.97. The summed E-state index contributed by atoms with van der Waals surface area (Å²) >= 11 is 1.86. The largest absolute Gasteiger partial charge is 0.344 e. The summed E-state index contributed by atoms with van der Waals surface area (Å²) in [6.07, 6.45) is 2.14. The predicted molar refractivity (Wildman–Crippen MR) is 55.7 cm³/mol. The van der Waals surface area contributed by atoms with Crippen LogP contribution in [0.1, 0.15) is 6.92 Å². The van der Waals surface area contributed by atoms with Crippen LogP contribution in [0.4, 0.5) is 0 Å². The summed E-state index contributed by atoms with van der Waals surface area (Å²) in [6, 6.07) is 0. The van der Waals surface area contributed by atoms with E-state index in [9.17, 15) is 0 Å². The Hall–Kier alpha value is -0.380. The van der Waals surface area contributed by atoms with Gasteiger partial charge in [0.15, 0.2) is 5.96 Å². The Morgan fingerprint density at radius 1 is 1.50 bits per heavy atom. The van der Waals surface area contributed by atoms with Crippen molar-refractivity contribution in [3.05, 3.63) is 0 Å². The van der Waals surface area contributed by atoms with Gasteiger partial charge in [0.1, 0.15) is 0 Å². The molecule has 70 valence electrons. The van der Waals surface area contributed by atoms with Gasteiger partial charge in [0, 0.05) is 27.2 Å². The predicted octanol–water partition coefficient (Wildman–Crippen LogP) is 0.929. The fraction of sp³-hybridized carbons (Fsp3) is 0.875. The number of aliphatic imine (C=N–C) groups is 1. The first-order valence-electron chi connectivity index (χ1n) is 4.18. The summed E-state index contributed by atoms with van der Waals surface area (Å²) in [5.41, 5.74) is 0. The van der Waals surface area contributed by atoms with Crippen LogP contribution in [0.3, 0.4) is 0 Å². The lowest BCUT2D eigenvalue weighted by atomic mass is 10.6. The molecule has 1 atom stereocenters. The molecule has 1 fully saturated rings. The van der Waals surface area contributed by atoms with Crippen LogP contribution in [0.2, 0.25) is 0 Å². The molecule has 0 amide bonds. The quantitative estimate of drug-likeness (QED) is 0.641. The molecule has 0 N–H and O–H groups in total. The third-order valence-electron chi connectivity index (χ3n) is 2.25. The first kappa shape index (κ1) is 9.71. The van der Waals surface area contributed by atoms with Crippen LogP contribution in [-0.2, 0) is 0 Å². The van der Waals surface area contributed by atoms with Crippen molar-refractivity contribution in [1.29, 1.82) is 0 Å². The van der Waals surface area contributed by atoms with E-state index in [1.807, 2.05) is 18.8 Å². The summed E-state index contributed by atoms with van der Waals surface area (Å²) in [5.74, 6) is 1.12. The van der Waals surface area contributed by atoms with Crippen molar-refractivity contribution in [1.82, 2.24) is 9.80 Å². The smallest absolute Gasteiger partial charge is 0.197 e. The summed E-state index contributed by atoms with van der Waals surface area (Å²) < 4.78 is 0. The van der Waals surface area contributed by atoms with Crippen LogP contribution < -0.4 is 0 Å². The highest BCUT2D eigenvalue weighted by Gasteiger charge is 2.26. The number of nitrogens with zero attached hydrogens (tertiary/aromatic N) is 3. The number of likely N-dealkylation sites (N-methyl/N-ethyl adjacent to an activating group) is 1. The Kier molecular flexibility index (Phi) is 3.26. The van der Waals surface area contributed by atoms with E-state index in [1.165, 1.54) is 0 Å². The van der Waals surface area contributed by atoms with E-state index in [1.54, 1.807) is 0 Å². The lowest BCUT2D eigenvalue weighted by Crippen LogP contribution is -2.36. The molecule has 4 heteroatoms. The molecule has 0 spiro atoms. The van der Waals surface area contributed by atoms with Crippen LogP contribution >= 0.6 is 11.8 Å². The topological polar surface area (TPSA) is 18.8 Å². The van der Waals surface area contributed by atoms with Crippen molar-refractivity contribution < 1.29 is 0 Å². The standard InChI is InChI=1S/C8H17N3S/c1-7(12-4)11-6-5-10(3)8(11)9-2/h7H,5-6H2,1-4H3/b9-8+. The Morgan fingerprint density at radius 3 is 2.67 bits per heavy atom. The highest BCUT2D eigenvalue weighted by molar-refractivity contribution is 7.99. The van der Waals surface area contributed by atoms with E-state index in [0.717, 1.165) is 19.0 Å². The Balaban J connectivity index is 2.67. The Morgan fingerprint density at radius 2 is 2.17 bits per heavy atom. The van der Waals surface area contributed by atoms with Crippen molar-refractivity contribution in [3.8, 4) is 0 Å². The molecule has 0 saturated carbocycles. The van der Waals surface area contributed by atoms with Gasteiger partial charge in [-0.2, -0.15) is 0 Å². The molecule has 3 nitrogen and oxygen atoms in total. The Labute approximate surface area is 78.8 Å². The lowest BCUT2D eigenvalue weighted by Gasteiger charge is -2.25. The average molecular weight is 187 g/mol. The number of hydrogen-bond acceptors (Lipinski definition) is 2. The second kappa shape index (κ2) is 4.03. The molecule has 1 aliphatic rings. The van der Waals surface area contributed by atoms with E-state index in [4.69, 9.17) is 0 Å². The third-order valence-corrected chi connectivity index (χ3v) is 3.19. The molecule has 0 aromatic carbocycles. The summed E-state index contributed by atoms with van der Waals surface area (Å²) in [6.45, 7) is 4.41. The average Bonchev–Trinajstić information content (AvgIpc) is 2.45. The van der Waals surface area contributed by atoms with E-state index >= 15 is 0 Å². The van der Waals surface area contributed by atoms with Gasteiger partial charge >= 0.3 is 0 Å². The molecule has 1 heterocycles. The minimum atomic E-state index is 0.536. The third kappa shape index (κ3) is 1.68. The minimum absolute atomic E-state index is 0.536. The van der Waals surface area contributed by atoms with Gasteiger partial charge < -0.3 is 9.80 Å². The molecule has 0 aliphatic carbocycles. The maximum atomic E-state index is 4.27. The maximum Gasteiger partial charge on any atom is 0.197 e. The summed E-state index contributed by atoms with van der Waals surface area (Å²) in [5, 5.41) is 0.536. The molecule has 1 saturated heterocycles. The van der Waals surface area contributed by atoms with Gasteiger partial charge in [0.05, 0.1) is 5.37 Å². The number of thioether (sulfide) groups is 1. The molecule has 0 aromatic heterocycles. The Bertz CT molecular complexity index is 181. The first-order valence-corrected chi connectivity index (χ1v) is 5.47. The van der Waals surface area contributed by atoms with Gasteiger partial charge in [-0.3, -0.25) is 4.99 Å². The highest BCUT2D eigenvalue weighted by Crippen LogP contribution is 2.17. The zero-order valence-electron chi connectivity index (χ0n) is 8.24. The van der Waals surface area contributed by atoms with Gasteiger partial charge in [-0.05, 0) is 13.2 Å². The number of guanidine groups is 1. The molecule has 1 unspecified atom stereocenters. The van der Waals surface area contributed by atoms with Crippen LogP contribution in [0, 0.1) is 0 Å². The van der Waals surface area contributed by atoms with Gasteiger partial charge in [0.25, 0.3) is 0 Å². The van der Waals surface area contributed by atoms with Crippen LogP contribution in [0.5, 0.6) is 0 Å². The maximum absolute atomic E-state index is 4.27. The van der Waals surface area contributed by atoms with E-state index in [0.29, 0.717) is 5.37 Å². The van der Waals surface area contributed by atoms with Crippen LogP contribution in [-0.4, -0.2) is 54.6 Å². The fourth-order valence-electron chi connectivity index (χ4n) is 1.45. The zero-order valence-corrected chi connectivity index (χ0v) is 9.06. The molecule has 0 bridgehead atoms. The fourth-order valence-corrected chi connectivity index (χ4v) is 1.90. The van der Waals surface area contributed by atoms with Crippen molar-refractivity contribution >= 4 is 17.7 Å². The minimum Gasteiger partial charge on any atom is -0.344 e. The molecule has 0 aromatic rings. The van der Waals surface area contributed by atoms with Crippen LogP contribution in [0.25, 0.3) is 0 Å².